The SMILES string of the molecule is CCCCCC(C)(I)CCN(CC=C(C)C)CCC. The van der Waals surface area contributed by atoms with Gasteiger partial charge in [0.2, 0.25) is 0 Å². The van der Waals surface area contributed by atoms with Gasteiger partial charge in [-0.15, -0.1) is 0 Å². The first-order valence-electron chi connectivity index (χ1n) is 7.96. The molecule has 0 aliphatic heterocycles. The van der Waals surface area contributed by atoms with E-state index in [-0.39, 0.29) is 0 Å². The average Bonchev–Trinajstić information content (AvgIpc) is 2.33. The maximum atomic E-state index is 2.68. The smallest absolute Gasteiger partial charge is 0.0206 e. The molecule has 0 aromatic heterocycles. The Labute approximate surface area is 135 Å². The lowest BCUT2D eigenvalue weighted by Gasteiger charge is -2.27. The van der Waals surface area contributed by atoms with Crippen molar-refractivity contribution in [2.75, 3.05) is 19.6 Å². The first-order chi connectivity index (χ1) is 8.91. The summed E-state index contributed by atoms with van der Waals surface area (Å²) < 4.78 is 0.476. The van der Waals surface area contributed by atoms with Gasteiger partial charge in [-0.1, -0.05) is 74.3 Å². The lowest BCUT2D eigenvalue weighted by molar-refractivity contribution is 0.285. The van der Waals surface area contributed by atoms with E-state index in [0.717, 1.165) is 6.54 Å². The fourth-order valence-electron chi connectivity index (χ4n) is 2.18. The van der Waals surface area contributed by atoms with Crippen LogP contribution in [0.4, 0.5) is 0 Å². The predicted molar refractivity (Wildman–Crippen MR) is 97.3 cm³/mol. The largest absolute Gasteiger partial charge is 0.300 e. The second kappa shape index (κ2) is 11.1. The Morgan fingerprint density at radius 1 is 1.05 bits per heavy atom. The molecule has 0 rings (SSSR count). The number of halogens is 1. The lowest BCUT2D eigenvalue weighted by Crippen LogP contribution is -2.30. The molecule has 0 aliphatic rings. The fourth-order valence-corrected chi connectivity index (χ4v) is 2.80. The summed E-state index contributed by atoms with van der Waals surface area (Å²) in [6, 6.07) is 0. The van der Waals surface area contributed by atoms with Gasteiger partial charge in [-0.25, -0.2) is 0 Å². The molecule has 0 radical (unpaired) electrons. The van der Waals surface area contributed by atoms with E-state index in [0.29, 0.717) is 3.42 Å². The highest BCUT2D eigenvalue weighted by Crippen LogP contribution is 2.29. The third-order valence-corrected chi connectivity index (χ3v) is 4.63. The van der Waals surface area contributed by atoms with Crippen LogP contribution in [0.1, 0.15) is 73.1 Å². The van der Waals surface area contributed by atoms with Crippen molar-refractivity contribution < 1.29 is 0 Å². The number of allylic oxidation sites excluding steroid dienone is 1. The number of hydrogen-bond acceptors (Lipinski definition) is 1. The van der Waals surface area contributed by atoms with Crippen molar-refractivity contribution in [3.8, 4) is 0 Å². The van der Waals surface area contributed by atoms with Crippen molar-refractivity contribution in [1.29, 1.82) is 0 Å². The average molecular weight is 379 g/mol. The zero-order chi connectivity index (χ0) is 14.7. The quantitative estimate of drug-likeness (QED) is 0.189. The molecule has 0 saturated heterocycles. The molecule has 0 aliphatic carbocycles. The summed E-state index contributed by atoms with van der Waals surface area (Å²) in [5.41, 5.74) is 1.43. The van der Waals surface area contributed by atoms with E-state index in [2.05, 4.69) is 68.2 Å². The topological polar surface area (TPSA) is 3.24 Å². The third-order valence-electron chi connectivity index (χ3n) is 3.55. The lowest BCUT2D eigenvalue weighted by atomic mass is 9.99. The van der Waals surface area contributed by atoms with Crippen molar-refractivity contribution >= 4 is 22.6 Å². The van der Waals surface area contributed by atoms with E-state index in [1.807, 2.05) is 0 Å². The van der Waals surface area contributed by atoms with Crippen LogP contribution in [0.15, 0.2) is 11.6 Å². The summed E-state index contributed by atoms with van der Waals surface area (Å²) in [6.07, 6.45) is 10.4. The first kappa shape index (κ1) is 19.4. The van der Waals surface area contributed by atoms with Crippen LogP contribution in [-0.4, -0.2) is 28.0 Å². The van der Waals surface area contributed by atoms with E-state index in [9.17, 15) is 0 Å². The number of unbranched alkanes of at least 4 members (excludes halogenated alkanes) is 2. The summed E-state index contributed by atoms with van der Waals surface area (Å²) >= 11 is 2.68. The Morgan fingerprint density at radius 2 is 1.74 bits per heavy atom. The molecule has 1 nitrogen and oxygen atoms in total. The van der Waals surface area contributed by atoms with Crippen molar-refractivity contribution in [2.45, 2.75) is 76.6 Å². The van der Waals surface area contributed by atoms with Crippen LogP contribution in [0.25, 0.3) is 0 Å². The van der Waals surface area contributed by atoms with Gasteiger partial charge in [-0.3, -0.25) is 4.90 Å². The Morgan fingerprint density at radius 3 is 2.26 bits per heavy atom. The number of alkyl halides is 1. The van der Waals surface area contributed by atoms with Gasteiger partial charge in [0.25, 0.3) is 0 Å². The molecule has 114 valence electrons. The van der Waals surface area contributed by atoms with Crippen molar-refractivity contribution in [1.82, 2.24) is 4.90 Å². The van der Waals surface area contributed by atoms with Crippen LogP contribution in [0, 0.1) is 0 Å². The molecule has 1 unspecified atom stereocenters. The second-order valence-electron chi connectivity index (χ2n) is 6.20. The summed E-state index contributed by atoms with van der Waals surface area (Å²) in [6.45, 7) is 15.0. The molecule has 0 aromatic rings. The molecule has 1 atom stereocenters. The second-order valence-corrected chi connectivity index (χ2v) is 8.81. The molecular formula is C17H34IN. The third kappa shape index (κ3) is 11.9. The summed E-state index contributed by atoms with van der Waals surface area (Å²) in [4.78, 5) is 2.60. The molecule has 0 amide bonds. The van der Waals surface area contributed by atoms with E-state index < -0.39 is 0 Å². The maximum Gasteiger partial charge on any atom is 0.0206 e. The highest BCUT2D eigenvalue weighted by Gasteiger charge is 2.20. The minimum absolute atomic E-state index is 0.476. The zero-order valence-corrected chi connectivity index (χ0v) is 15.9. The predicted octanol–water partition coefficient (Wildman–Crippen LogP) is 5.83. The number of hydrogen-bond donors (Lipinski definition) is 0. The van der Waals surface area contributed by atoms with Crippen molar-refractivity contribution in [3.63, 3.8) is 0 Å². The van der Waals surface area contributed by atoms with Crippen LogP contribution >= 0.6 is 22.6 Å². The molecule has 0 spiro atoms. The molecule has 2 heteroatoms. The maximum absolute atomic E-state index is 2.68. The van der Waals surface area contributed by atoms with Crippen molar-refractivity contribution in [2.24, 2.45) is 0 Å². The summed E-state index contributed by atoms with van der Waals surface area (Å²) in [7, 11) is 0. The van der Waals surface area contributed by atoms with Gasteiger partial charge in [0, 0.05) is 9.97 Å². The van der Waals surface area contributed by atoms with Gasteiger partial charge in [0.05, 0.1) is 0 Å². The van der Waals surface area contributed by atoms with Gasteiger partial charge >= 0.3 is 0 Å². The number of rotatable bonds is 11. The Balaban J connectivity index is 4.10. The van der Waals surface area contributed by atoms with Gasteiger partial charge < -0.3 is 0 Å². The van der Waals surface area contributed by atoms with Gasteiger partial charge in [-0.05, 0) is 46.2 Å². The normalized spacial score (nSPS) is 14.5. The highest BCUT2D eigenvalue weighted by molar-refractivity contribution is 14.1. The zero-order valence-electron chi connectivity index (χ0n) is 13.8. The molecule has 0 bridgehead atoms. The van der Waals surface area contributed by atoms with E-state index in [1.54, 1.807) is 0 Å². The minimum Gasteiger partial charge on any atom is -0.300 e. The molecule has 0 N–H and O–H groups in total. The monoisotopic (exact) mass is 379 g/mol. The van der Waals surface area contributed by atoms with Crippen molar-refractivity contribution in [3.05, 3.63) is 11.6 Å². The van der Waals surface area contributed by atoms with E-state index in [4.69, 9.17) is 0 Å². The minimum atomic E-state index is 0.476. The first-order valence-corrected chi connectivity index (χ1v) is 9.03. The Bertz CT molecular complexity index is 242. The molecule has 0 fully saturated rings. The summed E-state index contributed by atoms with van der Waals surface area (Å²) in [5, 5.41) is 0. The van der Waals surface area contributed by atoms with Crippen LogP contribution < -0.4 is 0 Å². The molecule has 0 aromatic carbocycles. The molecule has 0 saturated carbocycles. The number of nitrogens with zero attached hydrogens (tertiary/aromatic N) is 1. The molecule has 19 heavy (non-hydrogen) atoms. The van der Waals surface area contributed by atoms with Gasteiger partial charge in [0.15, 0.2) is 0 Å². The van der Waals surface area contributed by atoms with Crippen LogP contribution in [-0.2, 0) is 0 Å². The van der Waals surface area contributed by atoms with Crippen LogP contribution in [0.2, 0.25) is 0 Å². The van der Waals surface area contributed by atoms with E-state index in [1.165, 1.54) is 57.2 Å². The standard InChI is InChI=1S/C17H34IN/c1-6-8-9-11-17(5,18)12-15-19(13-7-2)14-10-16(3)4/h10H,6-9,11-15H2,1-5H3. The molecular weight excluding hydrogens is 345 g/mol. The van der Waals surface area contributed by atoms with Crippen LogP contribution in [0.3, 0.4) is 0 Å². The fraction of sp³-hybridized carbons (Fsp3) is 0.882. The summed E-state index contributed by atoms with van der Waals surface area (Å²) in [5.74, 6) is 0. The Hall–Kier alpha value is 0.430. The van der Waals surface area contributed by atoms with E-state index >= 15 is 0 Å². The Kier molecular flexibility index (Phi) is 11.4. The van der Waals surface area contributed by atoms with Crippen LogP contribution in [0.5, 0.6) is 0 Å². The highest BCUT2D eigenvalue weighted by atomic mass is 127. The van der Waals surface area contributed by atoms with Gasteiger partial charge in [0.1, 0.15) is 0 Å². The van der Waals surface area contributed by atoms with Gasteiger partial charge in [-0.2, -0.15) is 0 Å². The molecule has 0 heterocycles.